The first-order valence-electron chi connectivity index (χ1n) is 8.49. The molecule has 7 heteroatoms. The molecule has 4 rings (SSSR count). The zero-order valence-corrected chi connectivity index (χ0v) is 15.0. The Bertz CT molecular complexity index is 1270. The van der Waals surface area contributed by atoms with Gasteiger partial charge in [-0.05, 0) is 23.8 Å². The van der Waals surface area contributed by atoms with Crippen LogP contribution in [0, 0.1) is 0 Å². The molecule has 0 aliphatic rings. The van der Waals surface area contributed by atoms with Crippen molar-refractivity contribution >= 4 is 16.8 Å². The van der Waals surface area contributed by atoms with Crippen LogP contribution in [0.1, 0.15) is 21.5 Å². The lowest BCUT2D eigenvalue weighted by atomic mass is 10.1. The standard InChI is InChI=1S/C20H18N4O3/c1-22-16-9-8-14(18(25)15-11-21-23(2)19(15)26)10-17(16)24(20(22)27)12-13-6-4-3-5-7-13/h3-11,21H,12H2,1-2H3. The molecule has 136 valence electrons. The number of nitrogens with one attached hydrogen (secondary N) is 1. The second kappa shape index (κ2) is 6.28. The minimum absolute atomic E-state index is 0.0738. The quantitative estimate of drug-likeness (QED) is 0.561. The van der Waals surface area contributed by atoms with Crippen molar-refractivity contribution < 1.29 is 4.79 Å². The molecule has 7 nitrogen and oxygen atoms in total. The molecule has 0 aliphatic heterocycles. The molecule has 0 bridgehead atoms. The number of carbonyl (C=O) groups is 1. The third kappa shape index (κ3) is 2.73. The van der Waals surface area contributed by atoms with Crippen molar-refractivity contribution in [3.63, 3.8) is 0 Å². The number of imidazole rings is 1. The molecule has 0 unspecified atom stereocenters. The van der Waals surface area contributed by atoms with Crippen LogP contribution in [-0.4, -0.2) is 24.7 Å². The van der Waals surface area contributed by atoms with Crippen molar-refractivity contribution in [2.24, 2.45) is 14.1 Å². The monoisotopic (exact) mass is 362 g/mol. The van der Waals surface area contributed by atoms with E-state index in [1.54, 1.807) is 41.4 Å². The molecule has 0 saturated heterocycles. The van der Waals surface area contributed by atoms with E-state index in [9.17, 15) is 14.4 Å². The number of carbonyl (C=O) groups excluding carboxylic acids is 1. The second-order valence-electron chi connectivity index (χ2n) is 6.50. The smallest absolute Gasteiger partial charge is 0.302 e. The maximum atomic E-state index is 12.8. The van der Waals surface area contributed by atoms with Gasteiger partial charge in [0.2, 0.25) is 0 Å². The number of nitrogens with zero attached hydrogens (tertiary/aromatic N) is 3. The number of fused-ring (bicyclic) bond motifs is 1. The highest BCUT2D eigenvalue weighted by Gasteiger charge is 2.18. The fourth-order valence-electron chi connectivity index (χ4n) is 3.25. The molecule has 0 radical (unpaired) electrons. The van der Waals surface area contributed by atoms with Gasteiger partial charge in [-0.2, -0.15) is 0 Å². The van der Waals surface area contributed by atoms with Crippen molar-refractivity contribution in [1.29, 1.82) is 0 Å². The van der Waals surface area contributed by atoms with E-state index < -0.39 is 0 Å². The van der Waals surface area contributed by atoms with Gasteiger partial charge in [0, 0.05) is 25.9 Å². The van der Waals surface area contributed by atoms with E-state index >= 15 is 0 Å². The van der Waals surface area contributed by atoms with Gasteiger partial charge in [-0.25, -0.2) is 4.79 Å². The van der Waals surface area contributed by atoms with Gasteiger partial charge in [-0.1, -0.05) is 30.3 Å². The van der Waals surface area contributed by atoms with Crippen LogP contribution >= 0.6 is 0 Å². The summed E-state index contributed by atoms with van der Waals surface area (Å²) in [5.74, 6) is -0.374. The zero-order valence-electron chi connectivity index (χ0n) is 15.0. The topological polar surface area (TPSA) is 81.8 Å². The average molecular weight is 362 g/mol. The van der Waals surface area contributed by atoms with Crippen molar-refractivity contribution in [3.8, 4) is 0 Å². The molecule has 27 heavy (non-hydrogen) atoms. The van der Waals surface area contributed by atoms with E-state index in [1.165, 1.54) is 10.9 Å². The highest BCUT2D eigenvalue weighted by Crippen LogP contribution is 2.18. The molecule has 0 saturated carbocycles. The van der Waals surface area contributed by atoms with Crippen LogP contribution in [-0.2, 0) is 20.6 Å². The number of benzene rings is 2. The number of hydrogen-bond acceptors (Lipinski definition) is 3. The highest BCUT2D eigenvalue weighted by molar-refractivity contribution is 6.10. The number of H-pyrrole nitrogens is 1. The van der Waals surface area contributed by atoms with Crippen LogP contribution in [0.25, 0.3) is 11.0 Å². The molecular formula is C20H18N4O3. The molecule has 2 heterocycles. The maximum Gasteiger partial charge on any atom is 0.329 e. The summed E-state index contributed by atoms with van der Waals surface area (Å²) >= 11 is 0. The molecule has 0 atom stereocenters. The van der Waals surface area contributed by atoms with Gasteiger partial charge in [-0.3, -0.25) is 23.4 Å². The van der Waals surface area contributed by atoms with Gasteiger partial charge >= 0.3 is 5.69 Å². The summed E-state index contributed by atoms with van der Waals surface area (Å²) in [6, 6.07) is 14.7. The van der Waals surface area contributed by atoms with Crippen molar-refractivity contribution in [3.05, 3.63) is 92.3 Å². The van der Waals surface area contributed by atoms with Gasteiger partial charge in [-0.15, -0.1) is 0 Å². The Morgan fingerprint density at radius 3 is 2.41 bits per heavy atom. The van der Waals surface area contributed by atoms with E-state index in [0.717, 1.165) is 11.1 Å². The lowest BCUT2D eigenvalue weighted by Gasteiger charge is -2.05. The lowest BCUT2D eigenvalue weighted by Crippen LogP contribution is -2.22. The fraction of sp³-hybridized carbons (Fsp3) is 0.150. The molecule has 0 fully saturated rings. The second-order valence-corrected chi connectivity index (χ2v) is 6.50. The molecule has 4 aromatic rings. The van der Waals surface area contributed by atoms with Gasteiger partial charge in [0.15, 0.2) is 5.78 Å². The summed E-state index contributed by atoms with van der Waals surface area (Å²) in [6.45, 7) is 0.403. The van der Waals surface area contributed by atoms with Crippen LogP contribution < -0.4 is 11.2 Å². The fourth-order valence-corrected chi connectivity index (χ4v) is 3.25. The van der Waals surface area contributed by atoms with E-state index in [0.29, 0.717) is 17.6 Å². The van der Waals surface area contributed by atoms with Crippen LogP contribution in [0.5, 0.6) is 0 Å². The van der Waals surface area contributed by atoms with Gasteiger partial charge in [0.05, 0.1) is 17.6 Å². The Balaban J connectivity index is 1.85. The van der Waals surface area contributed by atoms with Gasteiger partial charge in [0.1, 0.15) is 5.56 Å². The molecule has 0 aliphatic carbocycles. The largest absolute Gasteiger partial charge is 0.329 e. The number of hydrogen-bond donors (Lipinski definition) is 1. The molecule has 2 aromatic carbocycles. The molecule has 2 aromatic heterocycles. The van der Waals surface area contributed by atoms with Crippen LogP contribution in [0.15, 0.2) is 64.3 Å². The predicted molar refractivity (Wildman–Crippen MR) is 102 cm³/mol. The number of aromatic amines is 1. The van der Waals surface area contributed by atoms with Crippen molar-refractivity contribution in [2.45, 2.75) is 6.54 Å². The first kappa shape index (κ1) is 16.8. The lowest BCUT2D eigenvalue weighted by molar-refractivity contribution is 0.103. The molecule has 0 spiro atoms. The number of ketones is 1. The normalized spacial score (nSPS) is 11.2. The summed E-state index contributed by atoms with van der Waals surface area (Å²) < 4.78 is 4.44. The zero-order chi connectivity index (χ0) is 19.1. The summed E-state index contributed by atoms with van der Waals surface area (Å²) in [4.78, 5) is 37.5. The van der Waals surface area contributed by atoms with Crippen molar-refractivity contribution in [2.75, 3.05) is 0 Å². The van der Waals surface area contributed by atoms with E-state index in [2.05, 4.69) is 5.10 Å². The summed E-state index contributed by atoms with van der Waals surface area (Å²) in [5.41, 5.74) is 2.28. The summed E-state index contributed by atoms with van der Waals surface area (Å²) in [5, 5.41) is 2.71. The Hall–Kier alpha value is -3.61. The first-order valence-corrected chi connectivity index (χ1v) is 8.49. The minimum Gasteiger partial charge on any atom is -0.302 e. The minimum atomic E-state index is -0.380. The summed E-state index contributed by atoms with van der Waals surface area (Å²) in [7, 11) is 3.26. The molecular weight excluding hydrogens is 344 g/mol. The first-order chi connectivity index (χ1) is 13.0. The SMILES string of the molecule is Cn1[nH]cc(C(=O)c2ccc3c(c2)n(Cc2ccccc2)c(=O)n3C)c1=O. The molecule has 0 amide bonds. The van der Waals surface area contributed by atoms with Crippen LogP contribution in [0.3, 0.4) is 0 Å². The third-order valence-corrected chi connectivity index (χ3v) is 4.77. The Morgan fingerprint density at radius 2 is 1.74 bits per heavy atom. The van der Waals surface area contributed by atoms with E-state index in [-0.39, 0.29) is 22.6 Å². The van der Waals surface area contributed by atoms with Gasteiger partial charge in [0.25, 0.3) is 5.56 Å². The van der Waals surface area contributed by atoms with Gasteiger partial charge < -0.3 is 5.10 Å². The Kier molecular flexibility index (Phi) is 3.92. The van der Waals surface area contributed by atoms with Crippen LogP contribution in [0.4, 0.5) is 0 Å². The Labute approximate surface area is 154 Å². The maximum absolute atomic E-state index is 12.8. The van der Waals surface area contributed by atoms with Crippen LogP contribution in [0.2, 0.25) is 0 Å². The van der Waals surface area contributed by atoms with E-state index in [1.807, 2.05) is 30.3 Å². The third-order valence-electron chi connectivity index (χ3n) is 4.77. The number of aryl methyl sites for hydroxylation is 2. The predicted octanol–water partition coefficient (Wildman–Crippen LogP) is 1.65. The average Bonchev–Trinajstić information content (AvgIpc) is 3.14. The Morgan fingerprint density at radius 1 is 1.00 bits per heavy atom. The summed E-state index contributed by atoms with van der Waals surface area (Å²) in [6.07, 6.45) is 1.40. The molecule has 1 N–H and O–H groups in total. The van der Waals surface area contributed by atoms with E-state index in [4.69, 9.17) is 0 Å². The number of aromatic nitrogens is 4. The highest BCUT2D eigenvalue weighted by atomic mass is 16.2. The number of rotatable bonds is 4. The van der Waals surface area contributed by atoms with Crippen molar-refractivity contribution in [1.82, 2.24) is 18.9 Å².